The molecule has 0 aliphatic carbocycles. The summed E-state index contributed by atoms with van der Waals surface area (Å²) in [6.07, 6.45) is -5.32. The van der Waals surface area contributed by atoms with Gasteiger partial charge in [-0.2, -0.15) is 13.2 Å². The quantitative estimate of drug-likeness (QED) is 0.362. The highest BCUT2D eigenvalue weighted by molar-refractivity contribution is 5.90. The maximum atomic E-state index is 13.9. The molecule has 214 valence electrons. The number of amides is 2. The third-order valence-corrected chi connectivity index (χ3v) is 5.67. The van der Waals surface area contributed by atoms with Gasteiger partial charge in [0.1, 0.15) is 5.82 Å². The predicted octanol–water partition coefficient (Wildman–Crippen LogP) is 3.36. The van der Waals surface area contributed by atoms with E-state index in [2.05, 4.69) is 10.3 Å². The summed E-state index contributed by atoms with van der Waals surface area (Å²) < 4.78 is 81.9. The van der Waals surface area contributed by atoms with Gasteiger partial charge in [0.05, 0.1) is 12.2 Å². The van der Waals surface area contributed by atoms with Crippen molar-refractivity contribution >= 4 is 42.4 Å². The van der Waals surface area contributed by atoms with Crippen molar-refractivity contribution < 1.29 is 35.9 Å². The van der Waals surface area contributed by atoms with Crippen LogP contribution in [0.15, 0.2) is 12.1 Å². The molecule has 0 saturated carbocycles. The first-order valence-corrected chi connectivity index (χ1v) is 11.0. The average molecular weight is 593 g/mol. The van der Waals surface area contributed by atoms with Gasteiger partial charge in [0.15, 0.2) is 17.5 Å². The van der Waals surface area contributed by atoms with E-state index in [9.17, 15) is 35.9 Å². The average Bonchev–Trinajstić information content (AvgIpc) is 3.14. The molecule has 0 spiro atoms. The maximum Gasteiger partial charge on any atom is 0.449 e. The molecular formula is C22H28Cl2F6N6O2. The summed E-state index contributed by atoms with van der Waals surface area (Å²) >= 11 is 0. The van der Waals surface area contributed by atoms with E-state index in [4.69, 9.17) is 5.73 Å². The molecule has 1 aliphatic rings. The van der Waals surface area contributed by atoms with Gasteiger partial charge < -0.3 is 25.4 Å². The molecule has 2 aromatic rings. The summed E-state index contributed by atoms with van der Waals surface area (Å²) in [4.78, 5) is 31.6. The summed E-state index contributed by atoms with van der Waals surface area (Å²) in [6.45, 7) is -0.193. The molecule has 2 heterocycles. The fourth-order valence-corrected chi connectivity index (χ4v) is 3.85. The van der Waals surface area contributed by atoms with Crippen LogP contribution >= 0.6 is 24.8 Å². The normalized spacial score (nSPS) is 13.9. The number of anilines is 1. The monoisotopic (exact) mass is 592 g/mol. The molecule has 8 nitrogen and oxygen atoms in total. The lowest BCUT2D eigenvalue weighted by atomic mass is 10.0. The van der Waals surface area contributed by atoms with Crippen molar-refractivity contribution in [1.82, 2.24) is 19.4 Å². The summed E-state index contributed by atoms with van der Waals surface area (Å²) in [5.41, 5.74) is 5.73. The van der Waals surface area contributed by atoms with Gasteiger partial charge in [-0.05, 0) is 32.1 Å². The number of hydrogen-bond acceptors (Lipinski definition) is 5. The van der Waals surface area contributed by atoms with Crippen LogP contribution in [0.25, 0.3) is 0 Å². The number of benzene rings is 1. The van der Waals surface area contributed by atoms with E-state index in [-0.39, 0.29) is 80.8 Å². The van der Waals surface area contributed by atoms with Gasteiger partial charge >= 0.3 is 6.18 Å². The zero-order valence-electron chi connectivity index (χ0n) is 20.4. The van der Waals surface area contributed by atoms with Crippen molar-refractivity contribution in [3.63, 3.8) is 0 Å². The zero-order valence-corrected chi connectivity index (χ0v) is 22.1. The number of hydrogen-bond donors (Lipinski definition) is 2. The first-order chi connectivity index (χ1) is 16.8. The van der Waals surface area contributed by atoms with E-state index in [0.29, 0.717) is 18.7 Å². The van der Waals surface area contributed by atoms with E-state index in [0.717, 1.165) is 4.57 Å². The molecule has 3 rings (SSSR count). The molecule has 0 unspecified atom stereocenters. The van der Waals surface area contributed by atoms with Crippen molar-refractivity contribution in [2.75, 3.05) is 32.5 Å². The number of fused-ring (bicyclic) bond motifs is 1. The number of carbonyl (C=O) groups excluding carboxylic acids is 2. The number of halogens is 8. The fraction of sp³-hybridized carbons (Fsp3) is 0.500. The number of nitrogens with zero attached hydrogens (tertiary/aromatic N) is 4. The molecule has 0 saturated heterocycles. The summed E-state index contributed by atoms with van der Waals surface area (Å²) in [6, 6.07) is 0.0929. The Labute approximate surface area is 227 Å². The van der Waals surface area contributed by atoms with Crippen LogP contribution in [0.4, 0.5) is 32.2 Å². The Morgan fingerprint density at radius 3 is 2.34 bits per heavy atom. The maximum absolute atomic E-state index is 13.9. The minimum atomic E-state index is -4.77. The molecular weight excluding hydrogens is 565 g/mol. The second-order valence-electron chi connectivity index (χ2n) is 8.82. The lowest BCUT2D eigenvalue weighted by molar-refractivity contribution is -0.148. The van der Waals surface area contributed by atoms with Crippen LogP contribution in [0.1, 0.15) is 29.9 Å². The van der Waals surface area contributed by atoms with Crippen LogP contribution in [0.2, 0.25) is 0 Å². The molecule has 3 N–H and O–H groups in total. The van der Waals surface area contributed by atoms with Crippen LogP contribution in [-0.4, -0.2) is 64.4 Å². The van der Waals surface area contributed by atoms with Crippen molar-refractivity contribution in [1.29, 1.82) is 0 Å². The molecule has 1 aromatic heterocycles. The minimum Gasteiger partial charge on any atom is -0.335 e. The lowest BCUT2D eigenvalue weighted by Crippen LogP contribution is -2.42. The molecule has 0 bridgehead atoms. The number of aromatic nitrogens is 2. The standard InChI is InChI=1S/C22H26F6N6O2.2ClH/c1-32(2)4-3-18(35)30-20-17-11-33(5-6-34(17)21(31-20)22(26,27)28)19(36)9-13(29)7-12-8-15(24)16(25)10-14(12)23;;/h8,10,13H,3-7,9,11,29H2,1-2H3,(H,30,35);2*1H/t13-;;/m1../s1. The Morgan fingerprint density at radius 1 is 1.11 bits per heavy atom. The highest BCUT2D eigenvalue weighted by atomic mass is 35.5. The Morgan fingerprint density at radius 2 is 1.74 bits per heavy atom. The van der Waals surface area contributed by atoms with Crippen molar-refractivity contribution in [2.45, 2.75) is 44.6 Å². The van der Waals surface area contributed by atoms with Gasteiger partial charge in [-0.1, -0.05) is 0 Å². The molecule has 1 aliphatic heterocycles. The predicted molar refractivity (Wildman–Crippen MR) is 132 cm³/mol. The van der Waals surface area contributed by atoms with E-state index in [1.54, 1.807) is 19.0 Å². The SMILES string of the molecule is CN(C)CCC(=O)Nc1nc(C(F)(F)F)n2c1CN(C(=O)C[C@H](N)Cc1cc(F)c(F)cc1F)CC2.Cl.Cl. The summed E-state index contributed by atoms with van der Waals surface area (Å²) in [7, 11) is 3.48. The van der Waals surface area contributed by atoms with Crippen LogP contribution in [0.5, 0.6) is 0 Å². The molecule has 16 heteroatoms. The molecule has 2 amide bonds. The highest BCUT2D eigenvalue weighted by Crippen LogP contribution is 2.34. The number of rotatable bonds is 8. The van der Waals surface area contributed by atoms with Crippen molar-refractivity contribution in [2.24, 2.45) is 5.73 Å². The van der Waals surface area contributed by atoms with Crippen LogP contribution in [-0.2, 0) is 35.3 Å². The molecule has 0 fully saturated rings. The largest absolute Gasteiger partial charge is 0.449 e. The van der Waals surface area contributed by atoms with E-state index in [1.807, 2.05) is 0 Å². The molecule has 0 radical (unpaired) electrons. The van der Waals surface area contributed by atoms with Gasteiger partial charge in [-0.15, -0.1) is 24.8 Å². The number of nitrogens with two attached hydrogens (primary N) is 1. The van der Waals surface area contributed by atoms with E-state index < -0.39 is 47.3 Å². The minimum absolute atomic E-state index is 0. The second-order valence-corrected chi connectivity index (χ2v) is 8.82. The lowest BCUT2D eigenvalue weighted by Gasteiger charge is -2.30. The van der Waals surface area contributed by atoms with Gasteiger partial charge in [-0.3, -0.25) is 9.59 Å². The Bertz CT molecular complexity index is 1140. The molecule has 1 aromatic carbocycles. The number of alkyl halides is 3. The Kier molecular flexibility index (Phi) is 11.9. The zero-order chi connectivity index (χ0) is 26.8. The van der Waals surface area contributed by atoms with Gasteiger partial charge in [0.2, 0.25) is 17.6 Å². The van der Waals surface area contributed by atoms with Gasteiger partial charge in [0, 0.05) is 44.6 Å². The van der Waals surface area contributed by atoms with Crippen LogP contribution in [0, 0.1) is 17.5 Å². The smallest absolute Gasteiger partial charge is 0.335 e. The topological polar surface area (TPSA) is 96.5 Å². The first-order valence-electron chi connectivity index (χ1n) is 11.0. The van der Waals surface area contributed by atoms with Crippen molar-refractivity contribution in [3.8, 4) is 0 Å². The third kappa shape index (κ3) is 8.22. The van der Waals surface area contributed by atoms with Gasteiger partial charge in [-0.25, -0.2) is 18.2 Å². The van der Waals surface area contributed by atoms with Crippen LogP contribution < -0.4 is 11.1 Å². The molecule has 1 atom stereocenters. The van der Waals surface area contributed by atoms with E-state index >= 15 is 0 Å². The Hall–Kier alpha value is -2.55. The summed E-state index contributed by atoms with van der Waals surface area (Å²) in [5.74, 6) is -6.14. The van der Waals surface area contributed by atoms with Gasteiger partial charge in [0.25, 0.3) is 0 Å². The Balaban J connectivity index is 0.00000361. The second kappa shape index (κ2) is 13.5. The molecule has 38 heavy (non-hydrogen) atoms. The number of imidazole rings is 1. The van der Waals surface area contributed by atoms with Crippen LogP contribution in [0.3, 0.4) is 0 Å². The number of nitrogens with one attached hydrogen (secondary N) is 1. The third-order valence-electron chi connectivity index (χ3n) is 5.67. The first kappa shape index (κ1) is 33.5. The highest BCUT2D eigenvalue weighted by Gasteiger charge is 2.41. The summed E-state index contributed by atoms with van der Waals surface area (Å²) in [5, 5.41) is 2.40. The number of carbonyl (C=O) groups is 2. The fourth-order valence-electron chi connectivity index (χ4n) is 3.85. The van der Waals surface area contributed by atoms with E-state index in [1.165, 1.54) is 4.90 Å². The van der Waals surface area contributed by atoms with Crippen molar-refractivity contribution in [3.05, 3.63) is 46.7 Å².